The second-order valence-corrected chi connectivity index (χ2v) is 6.57. The highest BCUT2D eigenvalue weighted by Crippen LogP contribution is 2.27. The molecule has 4 rings (SSSR count). The molecule has 1 aliphatic rings. The maximum absolute atomic E-state index is 13.1. The number of para-hydroxylation sites is 1. The lowest BCUT2D eigenvalue weighted by molar-refractivity contribution is 0.0216. The Balaban J connectivity index is 1.65. The first kappa shape index (κ1) is 18.3. The highest BCUT2D eigenvalue weighted by Gasteiger charge is 2.18. The van der Waals surface area contributed by atoms with Crippen LogP contribution in [0.25, 0.3) is 23.5 Å². The lowest BCUT2D eigenvalue weighted by Crippen LogP contribution is -2.37. The number of benzene rings is 2. The molecule has 2 heterocycles. The number of aromatic hydroxyl groups is 1. The van der Waals surface area contributed by atoms with Crippen molar-refractivity contribution < 1.29 is 14.2 Å². The summed E-state index contributed by atoms with van der Waals surface area (Å²) in [7, 11) is 0. The highest BCUT2D eigenvalue weighted by molar-refractivity contribution is 5.69. The van der Waals surface area contributed by atoms with Gasteiger partial charge in [0.2, 0.25) is 0 Å². The zero-order valence-electron chi connectivity index (χ0n) is 15.3. The topological polar surface area (TPSA) is 63.4 Å². The van der Waals surface area contributed by atoms with Gasteiger partial charge in [-0.1, -0.05) is 30.3 Å². The number of aromatic nitrogens is 3. The van der Waals surface area contributed by atoms with Gasteiger partial charge in [-0.25, -0.2) is 14.1 Å². The van der Waals surface area contributed by atoms with Crippen molar-refractivity contribution in [2.75, 3.05) is 26.3 Å². The van der Waals surface area contributed by atoms with E-state index in [1.165, 1.54) is 12.1 Å². The van der Waals surface area contributed by atoms with Gasteiger partial charge in [0.15, 0.2) is 11.6 Å². The molecule has 0 saturated carbocycles. The van der Waals surface area contributed by atoms with Crippen molar-refractivity contribution in [2.45, 2.75) is 6.67 Å². The fourth-order valence-corrected chi connectivity index (χ4v) is 3.07. The van der Waals surface area contributed by atoms with Crippen molar-refractivity contribution in [1.29, 1.82) is 0 Å². The largest absolute Gasteiger partial charge is 0.507 e. The SMILES string of the molecule is Oc1ccccc1-c1nc(/C=C/c2ccc(F)cc2)nn1CN1CCOCC1. The van der Waals surface area contributed by atoms with Gasteiger partial charge in [0, 0.05) is 13.1 Å². The van der Waals surface area contributed by atoms with Gasteiger partial charge in [-0.2, -0.15) is 0 Å². The molecule has 0 aliphatic carbocycles. The summed E-state index contributed by atoms with van der Waals surface area (Å²) in [5.74, 6) is 1.01. The molecule has 1 fully saturated rings. The number of hydrogen-bond donors (Lipinski definition) is 1. The summed E-state index contributed by atoms with van der Waals surface area (Å²) in [6.45, 7) is 3.59. The second-order valence-electron chi connectivity index (χ2n) is 6.57. The van der Waals surface area contributed by atoms with Crippen LogP contribution < -0.4 is 0 Å². The van der Waals surface area contributed by atoms with Crippen molar-refractivity contribution in [2.24, 2.45) is 0 Å². The van der Waals surface area contributed by atoms with Gasteiger partial charge in [0.05, 0.1) is 25.4 Å². The van der Waals surface area contributed by atoms with Crippen LogP contribution in [0.5, 0.6) is 5.75 Å². The molecular weight excluding hydrogens is 359 g/mol. The minimum absolute atomic E-state index is 0.159. The van der Waals surface area contributed by atoms with Crippen LogP contribution >= 0.6 is 0 Å². The van der Waals surface area contributed by atoms with Crippen LogP contribution in [0, 0.1) is 5.82 Å². The smallest absolute Gasteiger partial charge is 0.174 e. The molecule has 0 atom stereocenters. The molecule has 0 spiro atoms. The first-order valence-corrected chi connectivity index (χ1v) is 9.16. The summed E-state index contributed by atoms with van der Waals surface area (Å²) < 4.78 is 20.3. The second kappa shape index (κ2) is 8.33. The van der Waals surface area contributed by atoms with Gasteiger partial charge >= 0.3 is 0 Å². The summed E-state index contributed by atoms with van der Waals surface area (Å²) >= 11 is 0. The molecule has 7 heteroatoms. The van der Waals surface area contributed by atoms with E-state index in [2.05, 4.69) is 15.0 Å². The van der Waals surface area contributed by atoms with Gasteiger partial charge in [-0.15, -0.1) is 5.10 Å². The number of nitrogens with zero attached hydrogens (tertiary/aromatic N) is 4. The lowest BCUT2D eigenvalue weighted by atomic mass is 10.2. The fourth-order valence-electron chi connectivity index (χ4n) is 3.07. The molecule has 1 aliphatic heterocycles. The molecule has 1 saturated heterocycles. The molecule has 3 aromatic rings. The van der Waals surface area contributed by atoms with Gasteiger partial charge in [-0.3, -0.25) is 4.90 Å². The van der Waals surface area contributed by atoms with E-state index in [0.717, 1.165) is 18.7 Å². The Morgan fingerprint density at radius 2 is 1.79 bits per heavy atom. The van der Waals surface area contributed by atoms with Crippen LogP contribution in [0.15, 0.2) is 48.5 Å². The van der Waals surface area contributed by atoms with E-state index < -0.39 is 0 Å². The Morgan fingerprint density at radius 1 is 1.04 bits per heavy atom. The number of morpholine rings is 1. The molecule has 28 heavy (non-hydrogen) atoms. The third kappa shape index (κ3) is 4.27. The van der Waals surface area contributed by atoms with Crippen molar-refractivity contribution in [3.05, 3.63) is 65.7 Å². The van der Waals surface area contributed by atoms with E-state index in [0.29, 0.717) is 37.1 Å². The van der Waals surface area contributed by atoms with Gasteiger partial charge in [0.1, 0.15) is 11.6 Å². The standard InChI is InChI=1S/C21H21FN4O2/c22-17-8-5-16(6-9-17)7-10-20-23-21(18-3-1-2-4-19(18)27)26(24-20)15-25-11-13-28-14-12-25/h1-10,27H,11-15H2/b10-7+. The first-order chi connectivity index (χ1) is 13.7. The molecule has 0 unspecified atom stereocenters. The van der Waals surface area contributed by atoms with Crippen molar-refractivity contribution in [3.8, 4) is 17.1 Å². The third-order valence-electron chi connectivity index (χ3n) is 4.57. The summed E-state index contributed by atoms with van der Waals surface area (Å²) in [5.41, 5.74) is 1.49. The predicted octanol–water partition coefficient (Wildman–Crippen LogP) is 3.25. The number of phenols is 1. The third-order valence-corrected chi connectivity index (χ3v) is 4.57. The maximum Gasteiger partial charge on any atom is 0.174 e. The Morgan fingerprint density at radius 3 is 2.54 bits per heavy atom. The fraction of sp³-hybridized carbons (Fsp3) is 0.238. The van der Waals surface area contributed by atoms with Gasteiger partial charge < -0.3 is 9.84 Å². The average molecular weight is 380 g/mol. The van der Waals surface area contributed by atoms with Gasteiger partial charge in [-0.05, 0) is 35.9 Å². The Labute approximate surface area is 162 Å². The van der Waals surface area contributed by atoms with Crippen LogP contribution in [0.1, 0.15) is 11.4 Å². The zero-order valence-corrected chi connectivity index (χ0v) is 15.3. The lowest BCUT2D eigenvalue weighted by Gasteiger charge is -2.26. The minimum atomic E-state index is -0.271. The van der Waals surface area contributed by atoms with E-state index in [4.69, 9.17) is 4.74 Å². The van der Waals surface area contributed by atoms with Crippen LogP contribution in [0.2, 0.25) is 0 Å². The van der Waals surface area contributed by atoms with Crippen molar-refractivity contribution in [3.63, 3.8) is 0 Å². The monoisotopic (exact) mass is 380 g/mol. The number of phenolic OH excluding ortho intramolecular Hbond substituents is 1. The minimum Gasteiger partial charge on any atom is -0.507 e. The zero-order chi connectivity index (χ0) is 19.3. The molecule has 6 nitrogen and oxygen atoms in total. The number of halogens is 1. The van der Waals surface area contributed by atoms with Crippen LogP contribution in [-0.2, 0) is 11.4 Å². The first-order valence-electron chi connectivity index (χ1n) is 9.16. The van der Waals surface area contributed by atoms with Gasteiger partial charge in [0.25, 0.3) is 0 Å². The summed E-state index contributed by atoms with van der Waals surface area (Å²) in [6, 6.07) is 13.3. The molecule has 0 amide bonds. The molecule has 1 N–H and O–H groups in total. The Kier molecular flexibility index (Phi) is 5.45. The highest BCUT2D eigenvalue weighted by atomic mass is 19.1. The van der Waals surface area contributed by atoms with Crippen molar-refractivity contribution in [1.82, 2.24) is 19.7 Å². The predicted molar refractivity (Wildman–Crippen MR) is 105 cm³/mol. The summed E-state index contributed by atoms with van der Waals surface area (Å²) in [5, 5.41) is 14.9. The van der Waals surface area contributed by atoms with E-state index >= 15 is 0 Å². The molecular formula is C21H21FN4O2. The maximum atomic E-state index is 13.1. The Hall–Kier alpha value is -3.03. The van der Waals surface area contributed by atoms with Crippen LogP contribution in [-0.4, -0.2) is 51.1 Å². The summed E-state index contributed by atoms with van der Waals surface area (Å²) in [4.78, 5) is 6.84. The molecule has 144 valence electrons. The Bertz CT molecular complexity index is 963. The van der Waals surface area contributed by atoms with Crippen LogP contribution in [0.3, 0.4) is 0 Å². The quantitative estimate of drug-likeness (QED) is 0.736. The van der Waals surface area contributed by atoms with E-state index in [9.17, 15) is 9.50 Å². The number of ether oxygens (including phenoxy) is 1. The van der Waals surface area contributed by atoms with E-state index in [1.807, 2.05) is 18.2 Å². The molecule has 0 bridgehead atoms. The van der Waals surface area contributed by atoms with E-state index in [1.54, 1.807) is 35.0 Å². The van der Waals surface area contributed by atoms with E-state index in [-0.39, 0.29) is 11.6 Å². The average Bonchev–Trinajstić information content (AvgIpc) is 3.11. The van der Waals surface area contributed by atoms with Crippen LogP contribution in [0.4, 0.5) is 4.39 Å². The number of hydrogen-bond acceptors (Lipinski definition) is 5. The van der Waals surface area contributed by atoms with Crippen molar-refractivity contribution >= 4 is 12.2 Å². The molecule has 1 aromatic heterocycles. The normalized spacial score (nSPS) is 15.3. The number of rotatable bonds is 5. The molecule has 2 aromatic carbocycles. The summed E-state index contributed by atoms with van der Waals surface area (Å²) in [6.07, 6.45) is 3.62. The molecule has 0 radical (unpaired) electrons.